The average Bonchev–Trinajstić information content (AvgIpc) is 3.16. The zero-order valence-corrected chi connectivity index (χ0v) is 20.7. The minimum atomic E-state index is 0.0105. The van der Waals surface area contributed by atoms with Gasteiger partial charge in [-0.25, -0.2) is 4.68 Å². The van der Waals surface area contributed by atoms with Gasteiger partial charge in [0.05, 0.1) is 18.5 Å². The van der Waals surface area contributed by atoms with Crippen molar-refractivity contribution in [3.63, 3.8) is 0 Å². The summed E-state index contributed by atoms with van der Waals surface area (Å²) in [6, 6.07) is 16.4. The Morgan fingerprint density at radius 1 is 1.03 bits per heavy atom. The van der Waals surface area contributed by atoms with Gasteiger partial charge in [0.1, 0.15) is 11.4 Å². The molecule has 0 spiro atoms. The van der Waals surface area contributed by atoms with Crippen molar-refractivity contribution in [2.24, 2.45) is 0 Å². The number of methoxy groups -OCH3 is 1. The molecule has 2 aliphatic rings. The molecule has 1 saturated carbocycles. The van der Waals surface area contributed by atoms with E-state index < -0.39 is 0 Å². The summed E-state index contributed by atoms with van der Waals surface area (Å²) < 4.78 is 7.07. The third-order valence-corrected chi connectivity index (χ3v) is 7.67. The summed E-state index contributed by atoms with van der Waals surface area (Å²) >= 11 is 0. The van der Waals surface area contributed by atoms with Crippen molar-refractivity contribution in [1.82, 2.24) is 14.7 Å². The summed E-state index contributed by atoms with van der Waals surface area (Å²) in [7, 11) is 5.94. The van der Waals surface area contributed by atoms with Crippen LogP contribution in [0.1, 0.15) is 53.0 Å². The first-order valence-electron chi connectivity index (χ1n) is 12.2. The number of hydrogen-bond acceptors (Lipinski definition) is 4. The molecular formula is C28H34N4O2. The van der Waals surface area contributed by atoms with Gasteiger partial charge >= 0.3 is 0 Å². The van der Waals surface area contributed by atoms with Gasteiger partial charge in [0.2, 0.25) is 0 Å². The van der Waals surface area contributed by atoms with Crippen LogP contribution in [0, 0.1) is 6.92 Å². The second-order valence-corrected chi connectivity index (χ2v) is 9.96. The van der Waals surface area contributed by atoms with Crippen molar-refractivity contribution >= 4 is 11.6 Å². The second kappa shape index (κ2) is 8.91. The number of fused-ring (bicyclic) bond motifs is 1. The van der Waals surface area contributed by atoms with Crippen molar-refractivity contribution < 1.29 is 9.53 Å². The number of hydrogen-bond donors (Lipinski definition) is 0. The fraction of sp³-hybridized carbons (Fsp3) is 0.429. The SMILES string of the molecule is COc1ccc(-n2nc(C)c3c2C(=O)N(c2ccc(C4(CCN(C)C)CCC4)cc2)CC3)cc1. The summed E-state index contributed by atoms with van der Waals surface area (Å²) in [5.74, 6) is 0.792. The van der Waals surface area contributed by atoms with Crippen LogP contribution < -0.4 is 9.64 Å². The van der Waals surface area contributed by atoms with Crippen molar-refractivity contribution in [3.05, 3.63) is 71.0 Å². The summed E-state index contributed by atoms with van der Waals surface area (Å²) in [4.78, 5) is 17.9. The van der Waals surface area contributed by atoms with Crippen LogP contribution in [0.4, 0.5) is 5.69 Å². The van der Waals surface area contributed by atoms with E-state index in [4.69, 9.17) is 9.84 Å². The molecule has 2 heterocycles. The normalized spacial score (nSPS) is 17.0. The molecule has 5 rings (SSSR count). The average molecular weight is 459 g/mol. The van der Waals surface area contributed by atoms with Gasteiger partial charge in [0, 0.05) is 17.8 Å². The Kier molecular flexibility index (Phi) is 5.94. The number of anilines is 1. The molecule has 0 saturated heterocycles. The maximum absolute atomic E-state index is 13.7. The quantitative estimate of drug-likeness (QED) is 0.512. The molecule has 0 N–H and O–H groups in total. The van der Waals surface area contributed by atoms with Crippen LogP contribution in [0.25, 0.3) is 5.69 Å². The molecule has 6 nitrogen and oxygen atoms in total. The van der Waals surface area contributed by atoms with E-state index in [1.807, 2.05) is 36.1 Å². The van der Waals surface area contributed by atoms with Crippen LogP contribution in [0.2, 0.25) is 0 Å². The van der Waals surface area contributed by atoms with Gasteiger partial charge < -0.3 is 14.5 Å². The number of ether oxygens (including phenoxy) is 1. The van der Waals surface area contributed by atoms with Gasteiger partial charge in [-0.15, -0.1) is 0 Å². The first-order valence-corrected chi connectivity index (χ1v) is 12.2. The number of carbonyl (C=O) groups excluding carboxylic acids is 1. The predicted molar refractivity (Wildman–Crippen MR) is 135 cm³/mol. The van der Waals surface area contributed by atoms with E-state index in [-0.39, 0.29) is 5.91 Å². The Morgan fingerprint density at radius 2 is 1.71 bits per heavy atom. The zero-order chi connectivity index (χ0) is 23.9. The Morgan fingerprint density at radius 3 is 2.29 bits per heavy atom. The van der Waals surface area contributed by atoms with E-state index in [0.717, 1.165) is 41.3 Å². The highest BCUT2D eigenvalue weighted by Crippen LogP contribution is 2.47. The van der Waals surface area contributed by atoms with Crippen LogP contribution in [0.3, 0.4) is 0 Å². The van der Waals surface area contributed by atoms with E-state index in [1.54, 1.807) is 11.8 Å². The fourth-order valence-electron chi connectivity index (χ4n) is 5.41. The highest BCUT2D eigenvalue weighted by atomic mass is 16.5. The molecular weight excluding hydrogens is 424 g/mol. The number of aryl methyl sites for hydroxylation is 1. The monoisotopic (exact) mass is 458 g/mol. The lowest BCUT2D eigenvalue weighted by Crippen LogP contribution is -2.39. The maximum atomic E-state index is 13.7. The largest absolute Gasteiger partial charge is 0.497 e. The second-order valence-electron chi connectivity index (χ2n) is 9.96. The van der Waals surface area contributed by atoms with Crippen LogP contribution >= 0.6 is 0 Å². The lowest BCUT2D eigenvalue weighted by atomic mass is 9.62. The first-order chi connectivity index (χ1) is 16.4. The summed E-state index contributed by atoms with van der Waals surface area (Å²) in [6.07, 6.45) is 5.81. The van der Waals surface area contributed by atoms with E-state index in [0.29, 0.717) is 17.7 Å². The molecule has 0 bridgehead atoms. The number of nitrogens with zero attached hydrogens (tertiary/aromatic N) is 4. The third kappa shape index (κ3) is 3.90. The summed E-state index contributed by atoms with van der Waals surface area (Å²) in [5.41, 5.74) is 6.16. The molecule has 178 valence electrons. The van der Waals surface area contributed by atoms with Crippen molar-refractivity contribution in [2.75, 3.05) is 39.2 Å². The van der Waals surface area contributed by atoms with Gasteiger partial charge in [-0.3, -0.25) is 4.79 Å². The van der Waals surface area contributed by atoms with Gasteiger partial charge in [-0.1, -0.05) is 18.6 Å². The smallest absolute Gasteiger partial charge is 0.277 e. The molecule has 2 aromatic carbocycles. The van der Waals surface area contributed by atoms with E-state index >= 15 is 0 Å². The van der Waals surface area contributed by atoms with E-state index in [9.17, 15) is 4.79 Å². The molecule has 1 aromatic heterocycles. The Bertz CT molecular complexity index is 1170. The summed E-state index contributed by atoms with van der Waals surface area (Å²) in [5, 5.41) is 4.72. The van der Waals surface area contributed by atoms with Gasteiger partial charge in [0.25, 0.3) is 5.91 Å². The number of aromatic nitrogens is 2. The van der Waals surface area contributed by atoms with Crippen LogP contribution in [-0.4, -0.2) is 54.9 Å². The number of amides is 1. The molecule has 0 radical (unpaired) electrons. The number of benzene rings is 2. The molecule has 1 aliphatic heterocycles. The highest BCUT2D eigenvalue weighted by Gasteiger charge is 2.38. The molecule has 0 unspecified atom stereocenters. The van der Waals surface area contributed by atoms with Crippen molar-refractivity contribution in [1.29, 1.82) is 0 Å². The van der Waals surface area contributed by atoms with Crippen LogP contribution in [0.15, 0.2) is 48.5 Å². The fourth-order valence-corrected chi connectivity index (χ4v) is 5.41. The third-order valence-electron chi connectivity index (χ3n) is 7.67. The lowest BCUT2D eigenvalue weighted by molar-refractivity contribution is 0.0973. The zero-order valence-electron chi connectivity index (χ0n) is 20.7. The lowest BCUT2D eigenvalue weighted by Gasteiger charge is -2.43. The minimum absolute atomic E-state index is 0.0105. The highest BCUT2D eigenvalue weighted by molar-refractivity contribution is 6.07. The summed E-state index contributed by atoms with van der Waals surface area (Å²) in [6.45, 7) is 3.76. The van der Waals surface area contributed by atoms with Crippen molar-refractivity contribution in [2.45, 2.75) is 44.4 Å². The van der Waals surface area contributed by atoms with Gasteiger partial charge in [-0.2, -0.15) is 5.10 Å². The number of carbonyl (C=O) groups is 1. The molecule has 34 heavy (non-hydrogen) atoms. The van der Waals surface area contributed by atoms with Crippen LogP contribution in [-0.2, 0) is 11.8 Å². The van der Waals surface area contributed by atoms with E-state index in [2.05, 4.69) is 43.3 Å². The topological polar surface area (TPSA) is 50.6 Å². The minimum Gasteiger partial charge on any atom is -0.497 e. The van der Waals surface area contributed by atoms with Crippen molar-refractivity contribution in [3.8, 4) is 11.4 Å². The Labute approximate surface area is 202 Å². The Hall–Kier alpha value is -3.12. The van der Waals surface area contributed by atoms with Gasteiger partial charge in [0.15, 0.2) is 0 Å². The first kappa shape index (κ1) is 22.7. The molecule has 0 atom stereocenters. The maximum Gasteiger partial charge on any atom is 0.277 e. The molecule has 3 aromatic rings. The van der Waals surface area contributed by atoms with Crippen LogP contribution in [0.5, 0.6) is 5.75 Å². The molecule has 1 amide bonds. The predicted octanol–water partition coefficient (Wildman–Crippen LogP) is 4.77. The standard InChI is InChI=1S/C28H34N4O2/c1-20-25-14-18-31(27(33)26(25)32(29-20)23-10-12-24(34-4)13-11-23)22-8-6-21(7-9-22)28(15-5-16-28)17-19-30(2)3/h6-13H,5,14-19H2,1-4H3. The van der Waals surface area contributed by atoms with Gasteiger partial charge in [-0.05, 0) is 101 Å². The molecule has 6 heteroatoms. The molecule has 1 aliphatic carbocycles. The molecule has 1 fully saturated rings. The van der Waals surface area contributed by atoms with E-state index in [1.165, 1.54) is 31.2 Å². The Balaban J connectivity index is 1.42. The number of rotatable bonds is 7.